The molecule has 2 heterocycles. The summed E-state index contributed by atoms with van der Waals surface area (Å²) in [5.41, 5.74) is 1.33. The van der Waals surface area contributed by atoms with Crippen LogP contribution in [0.1, 0.15) is 30.9 Å². The predicted octanol–water partition coefficient (Wildman–Crippen LogP) is 3.73. The van der Waals surface area contributed by atoms with Gasteiger partial charge in [-0.05, 0) is 32.0 Å². The summed E-state index contributed by atoms with van der Waals surface area (Å²) in [5, 5.41) is 0. The van der Waals surface area contributed by atoms with Crippen molar-refractivity contribution in [3.63, 3.8) is 0 Å². The predicted molar refractivity (Wildman–Crippen MR) is 72.5 cm³/mol. The van der Waals surface area contributed by atoms with Gasteiger partial charge in [-0.2, -0.15) is 0 Å². The van der Waals surface area contributed by atoms with Gasteiger partial charge in [0.2, 0.25) is 0 Å². The summed E-state index contributed by atoms with van der Waals surface area (Å²) in [4.78, 5) is 2.28. The van der Waals surface area contributed by atoms with Gasteiger partial charge < -0.3 is 4.42 Å². The minimum atomic E-state index is 0.908. The fraction of sp³-hybridized carbons (Fsp3) is 0.467. The standard InChI is InChI=1S/C13H17NO.C2H6/c1-11-6-4-3-5-7-12-8-9-14(2)10-13(12)15-11;1-2/h3-7H,8-10H2,1-2H3;1-2H3. The molecule has 0 aromatic carbocycles. The number of rotatable bonds is 0. The fourth-order valence-electron chi connectivity index (χ4n) is 1.81. The smallest absolute Gasteiger partial charge is 0.121 e. The second kappa shape index (κ2) is 7.13. The molecule has 0 N–H and O–H groups in total. The van der Waals surface area contributed by atoms with Gasteiger partial charge in [0.25, 0.3) is 0 Å². The van der Waals surface area contributed by atoms with E-state index in [0.717, 1.165) is 31.0 Å². The maximum atomic E-state index is 5.84. The number of fused-ring (bicyclic) bond motifs is 1. The maximum Gasteiger partial charge on any atom is 0.121 e. The third-order valence-electron chi connectivity index (χ3n) is 2.67. The van der Waals surface area contributed by atoms with Crippen LogP contribution in [0.3, 0.4) is 0 Å². The molecule has 17 heavy (non-hydrogen) atoms. The van der Waals surface area contributed by atoms with Crippen molar-refractivity contribution in [3.8, 4) is 0 Å². The van der Waals surface area contributed by atoms with Crippen LogP contribution in [-0.4, -0.2) is 18.5 Å². The SMILES string of the molecule is CC.Cc1cccccc2c(o1)CN(C)CC2. The number of likely N-dealkylation sites (N-methyl/N-ethyl adjacent to an activating group) is 1. The van der Waals surface area contributed by atoms with Gasteiger partial charge in [-0.3, -0.25) is 4.90 Å². The lowest BCUT2D eigenvalue weighted by Crippen LogP contribution is -2.26. The summed E-state index contributed by atoms with van der Waals surface area (Å²) in [6.45, 7) is 8.01. The number of hydrogen-bond acceptors (Lipinski definition) is 2. The Morgan fingerprint density at radius 2 is 1.82 bits per heavy atom. The maximum absolute atomic E-state index is 5.84. The number of nitrogens with zero attached hydrogens (tertiary/aromatic N) is 1. The molecule has 0 radical (unpaired) electrons. The first kappa shape index (κ1) is 13.8. The lowest BCUT2D eigenvalue weighted by atomic mass is 10.1. The molecule has 1 aromatic heterocycles. The van der Waals surface area contributed by atoms with Gasteiger partial charge in [0.15, 0.2) is 0 Å². The van der Waals surface area contributed by atoms with Gasteiger partial charge >= 0.3 is 0 Å². The van der Waals surface area contributed by atoms with E-state index in [-0.39, 0.29) is 0 Å². The molecule has 0 saturated heterocycles. The first-order valence-electron chi connectivity index (χ1n) is 6.36. The van der Waals surface area contributed by atoms with Crippen LogP contribution >= 0.6 is 0 Å². The van der Waals surface area contributed by atoms with Gasteiger partial charge in [-0.15, -0.1) is 0 Å². The Labute approximate surface area is 105 Å². The summed E-state index contributed by atoms with van der Waals surface area (Å²) in [7, 11) is 2.13. The van der Waals surface area contributed by atoms with Crippen LogP contribution in [0.2, 0.25) is 0 Å². The summed E-state index contributed by atoms with van der Waals surface area (Å²) in [6.07, 6.45) is 1.07. The van der Waals surface area contributed by atoms with E-state index in [1.807, 2.05) is 39.0 Å². The number of hydrogen-bond donors (Lipinski definition) is 0. The van der Waals surface area contributed by atoms with E-state index in [2.05, 4.69) is 24.1 Å². The Kier molecular flexibility index (Phi) is 5.78. The molecule has 1 aliphatic heterocycles. The summed E-state index contributed by atoms with van der Waals surface area (Å²) >= 11 is 0. The minimum absolute atomic E-state index is 0.908. The van der Waals surface area contributed by atoms with Crippen molar-refractivity contribution in [2.45, 2.75) is 33.7 Å². The van der Waals surface area contributed by atoms with E-state index in [0.29, 0.717) is 0 Å². The monoisotopic (exact) mass is 233 g/mol. The van der Waals surface area contributed by atoms with Crippen LogP contribution in [0.25, 0.3) is 0 Å². The van der Waals surface area contributed by atoms with Gasteiger partial charge in [-0.1, -0.05) is 38.1 Å². The van der Waals surface area contributed by atoms with E-state index >= 15 is 0 Å². The second-order valence-electron chi connectivity index (χ2n) is 4.06. The van der Waals surface area contributed by atoms with Crippen molar-refractivity contribution in [2.75, 3.05) is 13.6 Å². The van der Waals surface area contributed by atoms with E-state index in [1.165, 1.54) is 5.56 Å². The summed E-state index contributed by atoms with van der Waals surface area (Å²) in [5.74, 6) is 2.05. The van der Waals surface area contributed by atoms with Crippen molar-refractivity contribution in [3.05, 3.63) is 47.4 Å². The highest BCUT2D eigenvalue weighted by Crippen LogP contribution is 2.16. The molecule has 0 bridgehead atoms. The third-order valence-corrected chi connectivity index (χ3v) is 2.67. The van der Waals surface area contributed by atoms with Gasteiger partial charge in [0.05, 0.1) is 6.54 Å². The van der Waals surface area contributed by atoms with Crippen molar-refractivity contribution < 1.29 is 4.42 Å². The van der Waals surface area contributed by atoms with Crippen LogP contribution in [0.5, 0.6) is 0 Å². The van der Waals surface area contributed by atoms with Crippen LogP contribution in [0.4, 0.5) is 0 Å². The zero-order valence-corrected chi connectivity index (χ0v) is 11.4. The number of aryl methyl sites for hydroxylation is 1. The molecule has 0 fully saturated rings. The molecule has 0 amide bonds. The molecule has 94 valence electrons. The van der Waals surface area contributed by atoms with Gasteiger partial charge in [0.1, 0.15) is 11.5 Å². The largest absolute Gasteiger partial charge is 0.465 e. The molecule has 1 aliphatic rings. The highest BCUT2D eigenvalue weighted by molar-refractivity contribution is 5.19. The van der Waals surface area contributed by atoms with Gasteiger partial charge in [-0.25, -0.2) is 0 Å². The van der Waals surface area contributed by atoms with E-state index < -0.39 is 0 Å². The molecule has 2 rings (SSSR count). The zero-order valence-electron chi connectivity index (χ0n) is 11.4. The average molecular weight is 233 g/mol. The molecule has 0 aliphatic carbocycles. The van der Waals surface area contributed by atoms with Crippen LogP contribution < -0.4 is 0 Å². The van der Waals surface area contributed by atoms with Gasteiger partial charge in [0, 0.05) is 6.54 Å². The molecular formula is C15H23NO. The Bertz CT molecular complexity index is 394. The zero-order chi connectivity index (χ0) is 12.7. The van der Waals surface area contributed by atoms with Crippen LogP contribution in [0.15, 0.2) is 34.7 Å². The van der Waals surface area contributed by atoms with Crippen molar-refractivity contribution >= 4 is 0 Å². The molecule has 0 atom stereocenters. The van der Waals surface area contributed by atoms with Crippen molar-refractivity contribution in [2.24, 2.45) is 0 Å². The summed E-state index contributed by atoms with van der Waals surface area (Å²) in [6, 6.07) is 10.3. The Morgan fingerprint density at radius 1 is 1.12 bits per heavy atom. The molecule has 1 aromatic rings. The highest BCUT2D eigenvalue weighted by Gasteiger charge is 2.13. The molecule has 2 nitrogen and oxygen atoms in total. The lowest BCUT2D eigenvalue weighted by Gasteiger charge is -2.22. The second-order valence-corrected chi connectivity index (χ2v) is 4.06. The molecule has 0 saturated carbocycles. The van der Waals surface area contributed by atoms with E-state index in [9.17, 15) is 0 Å². The summed E-state index contributed by atoms with van der Waals surface area (Å²) < 4.78 is 5.84. The van der Waals surface area contributed by atoms with E-state index in [1.54, 1.807) is 0 Å². The quantitative estimate of drug-likeness (QED) is 0.679. The van der Waals surface area contributed by atoms with Crippen LogP contribution in [-0.2, 0) is 13.0 Å². The molecule has 2 heteroatoms. The molecular weight excluding hydrogens is 210 g/mol. The molecule has 0 unspecified atom stereocenters. The lowest BCUT2D eigenvalue weighted by molar-refractivity contribution is 0.268. The third kappa shape index (κ3) is 4.23. The minimum Gasteiger partial charge on any atom is -0.465 e. The topological polar surface area (TPSA) is 16.4 Å². The Morgan fingerprint density at radius 3 is 2.59 bits per heavy atom. The van der Waals surface area contributed by atoms with Crippen LogP contribution in [0, 0.1) is 6.92 Å². The first-order valence-corrected chi connectivity index (χ1v) is 6.36. The highest BCUT2D eigenvalue weighted by atomic mass is 16.3. The molecule has 0 spiro atoms. The Balaban J connectivity index is 0.000000686. The van der Waals surface area contributed by atoms with E-state index in [4.69, 9.17) is 4.42 Å². The Hall–Kier alpha value is -1.28. The van der Waals surface area contributed by atoms with Crippen molar-refractivity contribution in [1.82, 2.24) is 4.90 Å². The average Bonchev–Trinajstić information content (AvgIpc) is 2.41. The normalized spacial score (nSPS) is 14.1. The van der Waals surface area contributed by atoms with Crippen molar-refractivity contribution in [1.29, 1.82) is 0 Å². The first-order chi connectivity index (χ1) is 8.25. The fourth-order valence-corrected chi connectivity index (χ4v) is 1.81.